The molecule has 1 aromatic heterocycles. The second-order valence-electron chi connectivity index (χ2n) is 4.00. The average molecular weight is 269 g/mol. The number of ether oxygens (including phenoxy) is 2. The van der Waals surface area contributed by atoms with Gasteiger partial charge in [-0.05, 0) is 30.4 Å². The minimum Gasteiger partial charge on any atom is -0.496 e. The minimum atomic E-state index is -0.132. The van der Waals surface area contributed by atoms with Crippen molar-refractivity contribution in [2.75, 3.05) is 14.2 Å². The molecule has 0 unspecified atom stereocenters. The van der Waals surface area contributed by atoms with Gasteiger partial charge in [0.15, 0.2) is 5.78 Å². The first-order valence-corrected chi connectivity index (χ1v) is 6.11. The number of allylic oxidation sites excluding steroid dienone is 1. The predicted molar refractivity (Wildman–Crippen MR) is 77.1 cm³/mol. The van der Waals surface area contributed by atoms with Crippen LogP contribution in [0.3, 0.4) is 0 Å². The smallest absolute Gasteiger partial charge is 0.213 e. The molecule has 0 radical (unpaired) electrons. The molecule has 4 nitrogen and oxygen atoms in total. The quantitative estimate of drug-likeness (QED) is 0.618. The lowest BCUT2D eigenvalue weighted by atomic mass is 10.1. The van der Waals surface area contributed by atoms with Gasteiger partial charge in [0.2, 0.25) is 5.88 Å². The van der Waals surface area contributed by atoms with E-state index in [2.05, 4.69) is 4.98 Å². The zero-order valence-electron chi connectivity index (χ0n) is 11.4. The van der Waals surface area contributed by atoms with E-state index >= 15 is 0 Å². The first-order valence-electron chi connectivity index (χ1n) is 6.11. The fourth-order valence-corrected chi connectivity index (χ4v) is 1.74. The van der Waals surface area contributed by atoms with Crippen LogP contribution in [0.5, 0.6) is 11.6 Å². The second kappa shape index (κ2) is 6.52. The average Bonchev–Trinajstić information content (AvgIpc) is 2.52. The third kappa shape index (κ3) is 3.23. The Balaban J connectivity index is 2.20. The van der Waals surface area contributed by atoms with Gasteiger partial charge in [0.25, 0.3) is 0 Å². The van der Waals surface area contributed by atoms with Gasteiger partial charge in [-0.3, -0.25) is 4.79 Å². The molecule has 0 spiro atoms. The zero-order valence-corrected chi connectivity index (χ0v) is 11.4. The third-order valence-corrected chi connectivity index (χ3v) is 2.73. The number of hydrogen-bond acceptors (Lipinski definition) is 4. The van der Waals surface area contributed by atoms with Crippen molar-refractivity contribution in [3.8, 4) is 11.6 Å². The van der Waals surface area contributed by atoms with Crippen LogP contribution in [0.25, 0.3) is 6.08 Å². The standard InChI is InChI=1S/C16H15NO3/c1-19-15-8-4-3-7-13(15)14(18)11-10-12-6-5-9-16(17-12)20-2/h3-11H,1-2H3. The molecule has 0 bridgehead atoms. The highest BCUT2D eigenvalue weighted by atomic mass is 16.5. The lowest BCUT2D eigenvalue weighted by Gasteiger charge is -2.04. The highest BCUT2D eigenvalue weighted by molar-refractivity contribution is 6.08. The molecule has 0 N–H and O–H groups in total. The Morgan fingerprint density at radius 3 is 2.60 bits per heavy atom. The number of para-hydroxylation sites is 1. The van der Waals surface area contributed by atoms with Crippen molar-refractivity contribution in [2.24, 2.45) is 0 Å². The topological polar surface area (TPSA) is 48.4 Å². The highest BCUT2D eigenvalue weighted by Gasteiger charge is 2.08. The molecule has 0 aliphatic rings. The van der Waals surface area contributed by atoms with E-state index in [0.29, 0.717) is 22.9 Å². The predicted octanol–water partition coefficient (Wildman–Crippen LogP) is 2.99. The molecule has 102 valence electrons. The van der Waals surface area contributed by atoms with Crippen molar-refractivity contribution in [3.63, 3.8) is 0 Å². The van der Waals surface area contributed by atoms with Crippen molar-refractivity contribution < 1.29 is 14.3 Å². The van der Waals surface area contributed by atoms with Crippen LogP contribution in [0.1, 0.15) is 16.1 Å². The van der Waals surface area contributed by atoms with Gasteiger partial charge in [-0.15, -0.1) is 0 Å². The summed E-state index contributed by atoms with van der Waals surface area (Å²) in [6.07, 6.45) is 3.12. The largest absolute Gasteiger partial charge is 0.496 e. The lowest BCUT2D eigenvalue weighted by molar-refractivity contribution is 0.104. The molecular formula is C16H15NO3. The van der Waals surface area contributed by atoms with E-state index in [1.807, 2.05) is 12.1 Å². The van der Waals surface area contributed by atoms with Crippen molar-refractivity contribution >= 4 is 11.9 Å². The first kappa shape index (κ1) is 13.8. The summed E-state index contributed by atoms with van der Waals surface area (Å²) in [7, 11) is 3.09. The Bertz CT molecular complexity index is 635. The summed E-state index contributed by atoms with van der Waals surface area (Å²) in [5.74, 6) is 0.935. The fraction of sp³-hybridized carbons (Fsp3) is 0.125. The van der Waals surface area contributed by atoms with Crippen LogP contribution in [-0.2, 0) is 0 Å². The summed E-state index contributed by atoms with van der Waals surface area (Å²) in [5.41, 5.74) is 1.18. The number of nitrogens with zero attached hydrogens (tertiary/aromatic N) is 1. The molecule has 0 saturated carbocycles. The minimum absolute atomic E-state index is 0.132. The zero-order chi connectivity index (χ0) is 14.4. The summed E-state index contributed by atoms with van der Waals surface area (Å²) in [6, 6.07) is 12.5. The number of ketones is 1. The lowest BCUT2D eigenvalue weighted by Crippen LogP contribution is -1.98. The van der Waals surface area contributed by atoms with Gasteiger partial charge in [-0.1, -0.05) is 18.2 Å². The van der Waals surface area contributed by atoms with Crippen molar-refractivity contribution in [3.05, 3.63) is 59.8 Å². The molecule has 1 aromatic carbocycles. The molecule has 0 amide bonds. The Hall–Kier alpha value is -2.62. The van der Waals surface area contributed by atoms with E-state index in [-0.39, 0.29) is 5.78 Å². The summed E-state index contributed by atoms with van der Waals surface area (Å²) in [4.78, 5) is 16.3. The molecule has 20 heavy (non-hydrogen) atoms. The Morgan fingerprint density at radius 2 is 1.85 bits per heavy atom. The fourth-order valence-electron chi connectivity index (χ4n) is 1.74. The molecule has 1 heterocycles. The van der Waals surface area contributed by atoms with E-state index < -0.39 is 0 Å². The third-order valence-electron chi connectivity index (χ3n) is 2.73. The SMILES string of the molecule is COc1cccc(C=CC(=O)c2ccccc2OC)n1. The maximum absolute atomic E-state index is 12.1. The molecule has 0 saturated heterocycles. The number of pyridine rings is 1. The van der Waals surface area contributed by atoms with Crippen LogP contribution in [0.15, 0.2) is 48.5 Å². The maximum atomic E-state index is 12.1. The van der Waals surface area contributed by atoms with Gasteiger partial charge < -0.3 is 9.47 Å². The van der Waals surface area contributed by atoms with Gasteiger partial charge in [0, 0.05) is 6.07 Å². The number of carbonyl (C=O) groups is 1. The molecule has 0 atom stereocenters. The van der Waals surface area contributed by atoms with Gasteiger partial charge >= 0.3 is 0 Å². The van der Waals surface area contributed by atoms with Crippen molar-refractivity contribution in [1.82, 2.24) is 4.98 Å². The first-order chi connectivity index (χ1) is 9.74. The molecule has 0 aliphatic carbocycles. The van der Waals surface area contributed by atoms with E-state index in [1.54, 1.807) is 50.6 Å². The number of aromatic nitrogens is 1. The van der Waals surface area contributed by atoms with Crippen LogP contribution in [0.2, 0.25) is 0 Å². The van der Waals surface area contributed by atoms with E-state index in [9.17, 15) is 4.79 Å². The van der Waals surface area contributed by atoms with Crippen LogP contribution in [0, 0.1) is 0 Å². The van der Waals surface area contributed by atoms with Crippen molar-refractivity contribution in [2.45, 2.75) is 0 Å². The van der Waals surface area contributed by atoms with E-state index in [4.69, 9.17) is 9.47 Å². The normalized spacial score (nSPS) is 10.5. The highest BCUT2D eigenvalue weighted by Crippen LogP contribution is 2.18. The number of methoxy groups -OCH3 is 2. The number of hydrogen-bond donors (Lipinski definition) is 0. The monoisotopic (exact) mass is 269 g/mol. The second-order valence-corrected chi connectivity index (χ2v) is 4.00. The van der Waals surface area contributed by atoms with Gasteiger partial charge in [0.1, 0.15) is 5.75 Å². The van der Waals surface area contributed by atoms with Gasteiger partial charge in [-0.25, -0.2) is 4.98 Å². The molecule has 0 fully saturated rings. The molecule has 4 heteroatoms. The maximum Gasteiger partial charge on any atom is 0.213 e. The summed E-state index contributed by atoms with van der Waals surface area (Å²) in [5, 5.41) is 0. The Kier molecular flexibility index (Phi) is 4.50. The van der Waals surface area contributed by atoms with E-state index in [0.717, 1.165) is 0 Å². The van der Waals surface area contributed by atoms with Crippen LogP contribution >= 0.6 is 0 Å². The van der Waals surface area contributed by atoms with Crippen LogP contribution < -0.4 is 9.47 Å². The van der Waals surface area contributed by atoms with Crippen LogP contribution in [-0.4, -0.2) is 25.0 Å². The molecule has 2 rings (SSSR count). The van der Waals surface area contributed by atoms with Crippen LogP contribution in [0.4, 0.5) is 0 Å². The molecular weight excluding hydrogens is 254 g/mol. The number of benzene rings is 1. The summed E-state index contributed by atoms with van der Waals surface area (Å²) in [6.45, 7) is 0. The summed E-state index contributed by atoms with van der Waals surface area (Å²) >= 11 is 0. The van der Waals surface area contributed by atoms with E-state index in [1.165, 1.54) is 6.08 Å². The summed E-state index contributed by atoms with van der Waals surface area (Å²) < 4.78 is 10.2. The Morgan fingerprint density at radius 1 is 1.05 bits per heavy atom. The van der Waals surface area contributed by atoms with Crippen molar-refractivity contribution in [1.29, 1.82) is 0 Å². The number of carbonyl (C=O) groups excluding carboxylic acids is 1. The molecule has 2 aromatic rings. The van der Waals surface area contributed by atoms with Gasteiger partial charge in [-0.2, -0.15) is 0 Å². The molecule has 0 aliphatic heterocycles. The van der Waals surface area contributed by atoms with Gasteiger partial charge in [0.05, 0.1) is 25.5 Å². The number of rotatable bonds is 5. The Labute approximate surface area is 117 Å².